The van der Waals surface area contributed by atoms with Crippen LogP contribution in [0.25, 0.3) is 0 Å². The van der Waals surface area contributed by atoms with Crippen molar-refractivity contribution in [1.29, 1.82) is 0 Å². The zero-order chi connectivity index (χ0) is 19.5. The number of carbonyl (C=O) groups is 2. The Balaban J connectivity index is 1.47. The predicted octanol–water partition coefficient (Wildman–Crippen LogP) is 0.209. The van der Waals surface area contributed by atoms with Crippen molar-refractivity contribution in [2.75, 3.05) is 18.0 Å². The highest BCUT2D eigenvalue weighted by Crippen LogP contribution is 2.52. The molecule has 0 radical (unpaired) electrons. The van der Waals surface area contributed by atoms with Gasteiger partial charge in [0.1, 0.15) is 12.0 Å². The van der Waals surface area contributed by atoms with Crippen molar-refractivity contribution >= 4 is 29.7 Å². The number of aromatic nitrogens is 1. The first kappa shape index (κ1) is 18.3. The van der Waals surface area contributed by atoms with Crippen molar-refractivity contribution < 1.29 is 24.2 Å². The fourth-order valence-electron chi connectivity index (χ4n) is 4.06. The van der Waals surface area contributed by atoms with Crippen molar-refractivity contribution in [3.05, 3.63) is 22.6 Å². The number of fused-ring (bicyclic) bond motifs is 1. The maximum atomic E-state index is 12.3. The molecule has 3 aliphatic rings. The Labute approximate surface area is 160 Å². The average Bonchev–Trinajstić information content (AvgIpc) is 3.12. The summed E-state index contributed by atoms with van der Waals surface area (Å²) in [4.78, 5) is 32.5. The molecule has 0 spiro atoms. The smallest absolute Gasteiger partial charge is 0.353 e. The second-order valence-corrected chi connectivity index (χ2v) is 8.58. The lowest BCUT2D eigenvalue weighted by molar-refractivity contribution is -0.163. The van der Waals surface area contributed by atoms with E-state index >= 15 is 0 Å². The molecule has 0 saturated carbocycles. The zero-order valence-corrected chi connectivity index (χ0v) is 15.8. The Hall–Kier alpha value is -2.04. The number of thioether (sulfide) groups is 1. The molecule has 2 unspecified atom stereocenters. The monoisotopic (exact) mass is 394 g/mol. The molecular formula is C17H22N4O5S. The number of hydrogen-bond donors (Lipinski definition) is 3. The minimum absolute atomic E-state index is 0.0689. The summed E-state index contributed by atoms with van der Waals surface area (Å²) in [6.45, 7) is 5.18. The second-order valence-electron chi connectivity index (χ2n) is 7.24. The van der Waals surface area contributed by atoms with Gasteiger partial charge in [0.25, 0.3) is 6.01 Å². The fourth-order valence-corrected chi connectivity index (χ4v) is 5.58. The van der Waals surface area contributed by atoms with Crippen molar-refractivity contribution in [3.8, 4) is 0 Å². The Morgan fingerprint density at radius 1 is 1.52 bits per heavy atom. The van der Waals surface area contributed by atoms with E-state index in [0.29, 0.717) is 36.2 Å². The highest BCUT2D eigenvalue weighted by molar-refractivity contribution is 8.03. The van der Waals surface area contributed by atoms with Crippen molar-refractivity contribution in [2.45, 2.75) is 37.8 Å². The number of amides is 1. The molecule has 0 aromatic carbocycles. The molecule has 2 fully saturated rings. The van der Waals surface area contributed by atoms with E-state index in [4.69, 9.17) is 10.2 Å². The van der Waals surface area contributed by atoms with E-state index in [1.165, 1.54) is 22.9 Å². The van der Waals surface area contributed by atoms with Crippen LogP contribution < -0.4 is 10.6 Å². The standard InChI is InChI=1S/C17H22N4O5S/c1-7-12-11(8(2)22)15(23)21(12)13(16(24)25)14(7)27-10-4-20(5-10)17-19-9(3-18)6-26-17/h6-8,10-12,22H,3-5,18H2,1-2H3,(H,24,25)/t7-,8-,11?,12?/m1/s1. The predicted molar refractivity (Wildman–Crippen MR) is 97.6 cm³/mol. The molecule has 2 saturated heterocycles. The van der Waals surface area contributed by atoms with E-state index in [-0.39, 0.29) is 28.8 Å². The van der Waals surface area contributed by atoms with Gasteiger partial charge in [-0.1, -0.05) is 6.92 Å². The molecule has 4 heterocycles. The van der Waals surface area contributed by atoms with Crippen molar-refractivity contribution in [2.24, 2.45) is 17.6 Å². The number of carboxylic acids is 1. The SMILES string of the molecule is C[C@@H](O)C1C(=O)N2C(C(=O)O)=C(SC3CN(c4nc(CN)co4)C3)[C@H](C)C12. The number of aliphatic hydroxyl groups excluding tert-OH is 1. The van der Waals surface area contributed by atoms with Crippen LogP contribution in [0.15, 0.2) is 21.3 Å². The van der Waals surface area contributed by atoms with E-state index in [2.05, 4.69) is 4.98 Å². The first-order chi connectivity index (χ1) is 12.8. The molecule has 1 aromatic heterocycles. The van der Waals surface area contributed by atoms with Crippen LogP contribution in [0, 0.1) is 11.8 Å². The van der Waals surface area contributed by atoms with E-state index in [1.54, 1.807) is 6.92 Å². The lowest BCUT2D eigenvalue weighted by atomic mass is 9.79. The molecule has 1 aromatic rings. The highest BCUT2D eigenvalue weighted by atomic mass is 32.2. The number of oxazole rings is 1. The lowest BCUT2D eigenvalue weighted by Gasteiger charge is -2.46. The van der Waals surface area contributed by atoms with E-state index in [1.807, 2.05) is 11.8 Å². The number of nitrogens with two attached hydrogens (primary N) is 1. The van der Waals surface area contributed by atoms with Gasteiger partial charge < -0.3 is 30.2 Å². The first-order valence-corrected chi connectivity index (χ1v) is 9.76. The number of nitrogens with zero attached hydrogens (tertiary/aromatic N) is 3. The van der Waals surface area contributed by atoms with Gasteiger partial charge in [-0.3, -0.25) is 4.79 Å². The molecular weight excluding hydrogens is 372 g/mol. The van der Waals surface area contributed by atoms with Gasteiger partial charge in [-0.05, 0) is 6.92 Å². The van der Waals surface area contributed by atoms with Crippen LogP contribution in [-0.2, 0) is 16.1 Å². The Bertz CT molecular complexity index is 816. The number of anilines is 1. The summed E-state index contributed by atoms with van der Waals surface area (Å²) in [5.74, 6) is -2.05. The van der Waals surface area contributed by atoms with E-state index < -0.39 is 18.0 Å². The summed E-state index contributed by atoms with van der Waals surface area (Å²) >= 11 is 1.50. The van der Waals surface area contributed by atoms with Crippen LogP contribution in [0.3, 0.4) is 0 Å². The summed E-state index contributed by atoms with van der Waals surface area (Å²) in [5.41, 5.74) is 6.29. The molecule has 10 heteroatoms. The van der Waals surface area contributed by atoms with E-state index in [0.717, 1.165) is 0 Å². The first-order valence-electron chi connectivity index (χ1n) is 8.88. The van der Waals surface area contributed by atoms with Crippen molar-refractivity contribution in [3.63, 3.8) is 0 Å². The van der Waals surface area contributed by atoms with Crippen LogP contribution in [-0.4, -0.2) is 62.5 Å². The molecule has 4 rings (SSSR count). The van der Waals surface area contributed by atoms with Gasteiger partial charge in [-0.2, -0.15) is 4.98 Å². The van der Waals surface area contributed by atoms with Gasteiger partial charge in [0.15, 0.2) is 0 Å². The number of aliphatic hydroxyl groups is 1. The molecule has 27 heavy (non-hydrogen) atoms. The van der Waals surface area contributed by atoms with Gasteiger partial charge in [0.05, 0.1) is 23.8 Å². The number of hydrogen-bond acceptors (Lipinski definition) is 8. The molecule has 146 valence electrons. The normalized spacial score (nSPS) is 28.9. The van der Waals surface area contributed by atoms with Crippen LogP contribution in [0.5, 0.6) is 0 Å². The zero-order valence-electron chi connectivity index (χ0n) is 15.0. The number of aliphatic carboxylic acids is 1. The fraction of sp³-hybridized carbons (Fsp3) is 0.588. The van der Waals surface area contributed by atoms with Gasteiger partial charge in [-0.25, -0.2) is 4.79 Å². The Morgan fingerprint density at radius 3 is 2.78 bits per heavy atom. The third-order valence-corrected chi connectivity index (χ3v) is 6.92. The topological polar surface area (TPSA) is 133 Å². The summed E-state index contributed by atoms with van der Waals surface area (Å²) in [6, 6.07) is 0.244. The van der Waals surface area contributed by atoms with Gasteiger partial charge in [-0.15, -0.1) is 11.8 Å². The minimum atomic E-state index is -1.10. The third-order valence-electron chi connectivity index (χ3n) is 5.47. The number of carbonyl (C=O) groups excluding carboxylic acids is 1. The van der Waals surface area contributed by atoms with Gasteiger partial charge in [0.2, 0.25) is 5.91 Å². The quantitative estimate of drug-likeness (QED) is 0.579. The molecule has 9 nitrogen and oxygen atoms in total. The minimum Gasteiger partial charge on any atom is -0.477 e. The number of β-lactam (4-membered cyclic amide) rings is 1. The Morgan fingerprint density at radius 2 is 2.22 bits per heavy atom. The summed E-state index contributed by atoms with van der Waals surface area (Å²) < 4.78 is 5.40. The maximum Gasteiger partial charge on any atom is 0.353 e. The lowest BCUT2D eigenvalue weighted by Crippen LogP contribution is -2.63. The second kappa shape index (κ2) is 6.54. The van der Waals surface area contributed by atoms with Crippen LogP contribution in [0.4, 0.5) is 6.01 Å². The maximum absolute atomic E-state index is 12.3. The molecule has 4 N–H and O–H groups in total. The summed E-state index contributed by atoms with van der Waals surface area (Å²) in [7, 11) is 0. The van der Waals surface area contributed by atoms with Crippen LogP contribution >= 0.6 is 11.8 Å². The highest BCUT2D eigenvalue weighted by Gasteiger charge is 2.60. The number of carboxylic acid groups (broad SMARTS) is 1. The van der Waals surface area contributed by atoms with Gasteiger partial charge in [0, 0.05) is 35.7 Å². The third kappa shape index (κ3) is 2.74. The summed E-state index contributed by atoms with van der Waals surface area (Å²) in [5, 5.41) is 19.7. The van der Waals surface area contributed by atoms with Crippen LogP contribution in [0.1, 0.15) is 19.5 Å². The molecule has 1 amide bonds. The summed E-state index contributed by atoms with van der Waals surface area (Å²) in [6.07, 6.45) is 0.744. The largest absolute Gasteiger partial charge is 0.477 e. The molecule has 0 bridgehead atoms. The van der Waals surface area contributed by atoms with Crippen LogP contribution in [0.2, 0.25) is 0 Å². The number of rotatable bonds is 6. The Kier molecular flexibility index (Phi) is 4.44. The molecule has 0 aliphatic carbocycles. The average molecular weight is 394 g/mol. The van der Waals surface area contributed by atoms with E-state index in [9.17, 15) is 19.8 Å². The molecule has 3 aliphatic heterocycles. The molecule has 4 atom stereocenters. The van der Waals surface area contributed by atoms with Gasteiger partial charge >= 0.3 is 5.97 Å². The van der Waals surface area contributed by atoms with Crippen molar-refractivity contribution in [1.82, 2.24) is 9.88 Å².